The lowest BCUT2D eigenvalue weighted by atomic mass is 9.55. The SMILES string of the molecule is c1ccc2c(c1)C[C@H]1SCC[C@@]23CCCC[C@@H]13. The van der Waals surface area contributed by atoms with Crippen LogP contribution in [0.3, 0.4) is 0 Å². The summed E-state index contributed by atoms with van der Waals surface area (Å²) in [5.74, 6) is 2.39. The fraction of sp³-hybridized carbons (Fsp3) is 0.625. The first-order valence-corrected chi connectivity index (χ1v) is 8.15. The van der Waals surface area contributed by atoms with Gasteiger partial charge in [-0.1, -0.05) is 37.1 Å². The zero-order valence-electron chi connectivity index (χ0n) is 10.3. The van der Waals surface area contributed by atoms with Crippen LogP contribution < -0.4 is 0 Å². The van der Waals surface area contributed by atoms with Crippen molar-refractivity contribution in [2.24, 2.45) is 5.92 Å². The van der Waals surface area contributed by atoms with Crippen LogP contribution in [0.1, 0.15) is 43.2 Å². The molecule has 17 heavy (non-hydrogen) atoms. The molecule has 1 saturated heterocycles. The maximum Gasteiger partial charge on any atom is 0.0124 e. The fourth-order valence-electron chi connectivity index (χ4n) is 4.70. The third-order valence-corrected chi connectivity index (χ3v) is 6.76. The van der Waals surface area contributed by atoms with Crippen LogP contribution in [0.25, 0.3) is 0 Å². The first-order valence-electron chi connectivity index (χ1n) is 7.10. The zero-order chi connectivity index (χ0) is 11.3. The molecule has 0 nitrogen and oxygen atoms in total. The molecule has 2 aliphatic carbocycles. The Morgan fingerprint density at radius 2 is 2.06 bits per heavy atom. The van der Waals surface area contributed by atoms with Crippen molar-refractivity contribution in [1.82, 2.24) is 0 Å². The molecule has 1 aromatic rings. The lowest BCUT2D eigenvalue weighted by Crippen LogP contribution is -2.51. The zero-order valence-corrected chi connectivity index (χ0v) is 11.1. The molecule has 3 aliphatic rings. The summed E-state index contributed by atoms with van der Waals surface area (Å²) < 4.78 is 0. The summed E-state index contributed by atoms with van der Waals surface area (Å²) in [4.78, 5) is 0. The number of hydrogen-bond donors (Lipinski definition) is 0. The number of benzene rings is 1. The van der Waals surface area contributed by atoms with Gasteiger partial charge in [0.2, 0.25) is 0 Å². The molecule has 3 atom stereocenters. The minimum absolute atomic E-state index is 0.586. The van der Waals surface area contributed by atoms with E-state index in [9.17, 15) is 0 Å². The maximum atomic E-state index is 2.44. The number of rotatable bonds is 0. The quantitative estimate of drug-likeness (QED) is 0.660. The Labute approximate surface area is 108 Å². The lowest BCUT2D eigenvalue weighted by Gasteiger charge is -2.55. The Morgan fingerprint density at radius 3 is 3.06 bits per heavy atom. The van der Waals surface area contributed by atoms with Crippen molar-refractivity contribution in [3.8, 4) is 0 Å². The number of hydrogen-bond acceptors (Lipinski definition) is 1. The maximum absolute atomic E-state index is 2.44. The smallest absolute Gasteiger partial charge is 0.0124 e. The minimum Gasteiger partial charge on any atom is -0.158 e. The van der Waals surface area contributed by atoms with E-state index < -0.39 is 0 Å². The first kappa shape index (κ1) is 10.5. The van der Waals surface area contributed by atoms with Gasteiger partial charge in [-0.25, -0.2) is 0 Å². The van der Waals surface area contributed by atoms with Crippen LogP contribution >= 0.6 is 11.8 Å². The minimum atomic E-state index is 0.586. The Balaban J connectivity index is 1.90. The third-order valence-electron chi connectivity index (χ3n) is 5.40. The Hall–Kier alpha value is -0.430. The van der Waals surface area contributed by atoms with Crippen molar-refractivity contribution >= 4 is 11.8 Å². The van der Waals surface area contributed by atoms with E-state index in [-0.39, 0.29) is 0 Å². The van der Waals surface area contributed by atoms with E-state index in [0.717, 1.165) is 11.2 Å². The van der Waals surface area contributed by atoms with Crippen molar-refractivity contribution in [2.45, 2.75) is 49.2 Å². The van der Waals surface area contributed by atoms with Gasteiger partial charge in [0.1, 0.15) is 0 Å². The average molecular weight is 244 g/mol. The van der Waals surface area contributed by atoms with Gasteiger partial charge >= 0.3 is 0 Å². The molecule has 0 N–H and O–H groups in total. The molecule has 0 spiro atoms. The van der Waals surface area contributed by atoms with E-state index in [4.69, 9.17) is 0 Å². The predicted molar refractivity (Wildman–Crippen MR) is 74.6 cm³/mol. The summed E-state index contributed by atoms with van der Waals surface area (Å²) in [5, 5.41) is 0.930. The topological polar surface area (TPSA) is 0 Å². The second-order valence-electron chi connectivity index (χ2n) is 6.03. The fourth-order valence-corrected chi connectivity index (χ4v) is 6.41. The molecule has 1 aromatic carbocycles. The standard InChI is InChI=1S/C16H20S/c1-2-6-13-12(5-1)11-15-14-7-3-4-8-16(13,14)9-10-17-15/h1-2,5-6,14-15H,3-4,7-11H2/t14-,15+,16-/m0/s1. The lowest BCUT2D eigenvalue weighted by molar-refractivity contribution is 0.153. The van der Waals surface area contributed by atoms with Crippen LogP contribution in [0.5, 0.6) is 0 Å². The van der Waals surface area contributed by atoms with Gasteiger partial charge < -0.3 is 0 Å². The van der Waals surface area contributed by atoms with E-state index in [0.29, 0.717) is 5.41 Å². The molecule has 90 valence electrons. The van der Waals surface area contributed by atoms with E-state index >= 15 is 0 Å². The van der Waals surface area contributed by atoms with Crippen molar-refractivity contribution in [3.63, 3.8) is 0 Å². The first-order chi connectivity index (χ1) is 8.40. The highest BCUT2D eigenvalue weighted by Crippen LogP contribution is 2.57. The molecule has 2 bridgehead atoms. The van der Waals surface area contributed by atoms with Crippen molar-refractivity contribution < 1.29 is 0 Å². The Morgan fingerprint density at radius 1 is 1.12 bits per heavy atom. The van der Waals surface area contributed by atoms with Gasteiger partial charge in [0, 0.05) is 10.7 Å². The Bertz CT molecular complexity index is 435. The average Bonchev–Trinajstić information content (AvgIpc) is 2.39. The molecule has 1 heterocycles. The molecular formula is C16H20S. The molecule has 1 heteroatoms. The van der Waals surface area contributed by atoms with E-state index in [1.165, 1.54) is 44.3 Å². The number of thioether (sulfide) groups is 1. The van der Waals surface area contributed by atoms with Crippen molar-refractivity contribution in [1.29, 1.82) is 0 Å². The highest BCUT2D eigenvalue weighted by atomic mass is 32.2. The van der Waals surface area contributed by atoms with Gasteiger partial charge in [0.25, 0.3) is 0 Å². The molecule has 4 rings (SSSR count). The van der Waals surface area contributed by atoms with E-state index in [2.05, 4.69) is 36.0 Å². The van der Waals surface area contributed by atoms with Gasteiger partial charge in [0.05, 0.1) is 0 Å². The summed E-state index contributed by atoms with van der Waals surface area (Å²) >= 11 is 2.26. The van der Waals surface area contributed by atoms with Gasteiger partial charge in [0.15, 0.2) is 0 Å². The van der Waals surface area contributed by atoms with Gasteiger partial charge in [-0.15, -0.1) is 0 Å². The van der Waals surface area contributed by atoms with Crippen LogP contribution in [-0.4, -0.2) is 11.0 Å². The van der Waals surface area contributed by atoms with E-state index in [1.54, 1.807) is 11.1 Å². The van der Waals surface area contributed by atoms with Gasteiger partial charge in [-0.3, -0.25) is 0 Å². The highest BCUT2D eigenvalue weighted by Gasteiger charge is 2.51. The van der Waals surface area contributed by atoms with Crippen LogP contribution in [-0.2, 0) is 11.8 Å². The molecule has 1 aliphatic heterocycles. The monoisotopic (exact) mass is 244 g/mol. The van der Waals surface area contributed by atoms with Crippen LogP contribution in [0.4, 0.5) is 0 Å². The molecule has 0 radical (unpaired) electrons. The van der Waals surface area contributed by atoms with E-state index in [1.807, 2.05) is 0 Å². The largest absolute Gasteiger partial charge is 0.158 e. The van der Waals surface area contributed by atoms with Gasteiger partial charge in [-0.05, 0) is 48.5 Å². The summed E-state index contributed by atoms with van der Waals surface area (Å²) in [6.07, 6.45) is 8.68. The molecule has 2 fully saturated rings. The molecule has 0 amide bonds. The normalized spacial score (nSPS) is 39.3. The number of fused-ring (bicyclic) bond motifs is 1. The van der Waals surface area contributed by atoms with Gasteiger partial charge in [-0.2, -0.15) is 11.8 Å². The summed E-state index contributed by atoms with van der Waals surface area (Å²) in [6.45, 7) is 0. The van der Waals surface area contributed by atoms with Crippen LogP contribution in [0.15, 0.2) is 24.3 Å². The highest BCUT2D eigenvalue weighted by molar-refractivity contribution is 7.99. The predicted octanol–water partition coefficient (Wildman–Crippen LogP) is 4.18. The Kier molecular flexibility index (Phi) is 2.33. The van der Waals surface area contributed by atoms with Crippen molar-refractivity contribution in [2.75, 3.05) is 5.75 Å². The summed E-state index contributed by atoms with van der Waals surface area (Å²) in [7, 11) is 0. The second-order valence-corrected chi connectivity index (χ2v) is 7.38. The summed E-state index contributed by atoms with van der Waals surface area (Å²) in [5.41, 5.74) is 3.99. The van der Waals surface area contributed by atoms with Crippen molar-refractivity contribution in [3.05, 3.63) is 35.4 Å². The second kappa shape index (κ2) is 3.78. The molecular weight excluding hydrogens is 224 g/mol. The summed E-state index contributed by atoms with van der Waals surface area (Å²) in [6, 6.07) is 9.33. The van der Waals surface area contributed by atoms with Crippen LogP contribution in [0, 0.1) is 5.92 Å². The third kappa shape index (κ3) is 1.38. The molecule has 0 unspecified atom stereocenters. The molecule has 0 aromatic heterocycles. The van der Waals surface area contributed by atoms with Crippen LogP contribution in [0.2, 0.25) is 0 Å². The molecule has 1 saturated carbocycles.